The molecule has 3 aromatic rings. The Morgan fingerprint density at radius 1 is 1.00 bits per heavy atom. The molecular weight excluding hydrogens is 372 g/mol. The lowest BCUT2D eigenvalue weighted by Gasteiger charge is -2.43. The van der Waals surface area contributed by atoms with E-state index in [1.165, 1.54) is 31.4 Å². The molecule has 3 heterocycles. The van der Waals surface area contributed by atoms with E-state index < -0.39 is 5.60 Å². The van der Waals surface area contributed by atoms with Gasteiger partial charge >= 0.3 is 0 Å². The van der Waals surface area contributed by atoms with Gasteiger partial charge in [-0.3, -0.25) is 0 Å². The lowest BCUT2D eigenvalue weighted by molar-refractivity contribution is 0.139. The van der Waals surface area contributed by atoms with Gasteiger partial charge in [-0.1, -0.05) is 42.1 Å². The molecule has 1 atom stereocenters. The number of methoxy groups -OCH3 is 1. The van der Waals surface area contributed by atoms with E-state index in [-0.39, 0.29) is 5.92 Å². The van der Waals surface area contributed by atoms with E-state index in [1.807, 2.05) is 17.8 Å². The molecule has 0 radical (unpaired) electrons. The number of rotatable bonds is 2. The second-order valence-corrected chi connectivity index (χ2v) is 9.31. The van der Waals surface area contributed by atoms with Crippen LogP contribution in [-0.4, -0.2) is 12.7 Å². The van der Waals surface area contributed by atoms with Crippen molar-refractivity contribution in [3.05, 3.63) is 81.6 Å². The normalized spacial score (nSPS) is 19.6. The number of ether oxygens (including phenoxy) is 2. The predicted molar refractivity (Wildman–Crippen MR) is 113 cm³/mol. The first-order valence-corrected chi connectivity index (χ1v) is 10.7. The topological polar surface area (TPSA) is 18.5 Å². The molecular formula is C23H20O2S2. The van der Waals surface area contributed by atoms with Gasteiger partial charge in [0, 0.05) is 37.3 Å². The minimum absolute atomic E-state index is 0.135. The molecule has 0 fully saturated rings. The van der Waals surface area contributed by atoms with Crippen LogP contribution in [0.3, 0.4) is 0 Å². The van der Waals surface area contributed by atoms with E-state index >= 15 is 0 Å². The molecule has 4 heteroatoms. The molecule has 0 amide bonds. The Labute approximate surface area is 167 Å². The number of hydrogen-bond acceptors (Lipinski definition) is 4. The van der Waals surface area contributed by atoms with Crippen LogP contribution in [-0.2, 0) is 0 Å². The molecule has 2 aromatic carbocycles. The lowest BCUT2D eigenvalue weighted by atomic mass is 9.78. The number of benzene rings is 2. The van der Waals surface area contributed by atoms with Gasteiger partial charge in [-0.15, -0.1) is 11.3 Å². The summed E-state index contributed by atoms with van der Waals surface area (Å²) < 4.78 is 12.3. The van der Waals surface area contributed by atoms with Crippen LogP contribution < -0.4 is 9.47 Å². The van der Waals surface area contributed by atoms with Gasteiger partial charge < -0.3 is 9.47 Å². The molecule has 2 aliphatic heterocycles. The Hall–Kier alpha value is -2.17. The summed E-state index contributed by atoms with van der Waals surface area (Å²) in [7, 11) is 1.76. The summed E-state index contributed by atoms with van der Waals surface area (Å²) >= 11 is 3.64. The predicted octanol–water partition coefficient (Wildman–Crippen LogP) is 6.58. The molecule has 0 bridgehead atoms. The fraction of sp³-hybridized carbons (Fsp3) is 0.217. The van der Waals surface area contributed by atoms with Crippen molar-refractivity contribution in [3.8, 4) is 11.5 Å². The van der Waals surface area contributed by atoms with Crippen molar-refractivity contribution in [1.29, 1.82) is 0 Å². The van der Waals surface area contributed by atoms with E-state index in [0.717, 1.165) is 11.5 Å². The monoisotopic (exact) mass is 392 g/mol. The van der Waals surface area contributed by atoms with Crippen molar-refractivity contribution in [1.82, 2.24) is 0 Å². The number of fused-ring (bicyclic) bond motifs is 3. The molecule has 1 aromatic heterocycles. The highest BCUT2D eigenvalue weighted by Gasteiger charge is 2.45. The Bertz CT molecular complexity index is 1050. The maximum absolute atomic E-state index is 6.50. The van der Waals surface area contributed by atoms with E-state index in [1.54, 1.807) is 18.4 Å². The van der Waals surface area contributed by atoms with Crippen molar-refractivity contribution in [2.24, 2.45) is 0 Å². The number of thioether (sulfide) groups is 1. The molecule has 0 spiro atoms. The molecule has 0 saturated carbocycles. The van der Waals surface area contributed by atoms with Crippen LogP contribution in [0.15, 0.2) is 70.4 Å². The smallest absolute Gasteiger partial charge is 0.128 e. The molecule has 0 aliphatic carbocycles. The summed E-state index contributed by atoms with van der Waals surface area (Å²) in [4.78, 5) is 3.91. The third kappa shape index (κ3) is 2.54. The number of thiophene rings is 1. The van der Waals surface area contributed by atoms with Crippen molar-refractivity contribution in [2.45, 2.75) is 30.3 Å². The van der Waals surface area contributed by atoms with Gasteiger partial charge in [0.1, 0.15) is 17.1 Å². The summed E-state index contributed by atoms with van der Waals surface area (Å²) in [6.07, 6.45) is 0. The first-order chi connectivity index (χ1) is 13.1. The van der Waals surface area contributed by atoms with E-state index in [9.17, 15) is 0 Å². The molecule has 0 N–H and O–H groups in total. The largest absolute Gasteiger partial charge is 0.496 e. The SMILES string of the molecule is COc1cccc2c1C(c1cccs1)C1=C(S2)c2ccccc2OC1(C)C. The zero-order chi connectivity index (χ0) is 18.6. The number of hydrogen-bond donors (Lipinski definition) is 0. The standard InChI is InChI=1S/C23H20O2S2/c1-23(2)21-20(17-12-7-13-26-17)19-16(24-3)10-6-11-18(19)27-22(21)14-8-4-5-9-15(14)25-23/h4-13,20H,1-3H3. The van der Waals surface area contributed by atoms with Gasteiger partial charge in [0.15, 0.2) is 0 Å². The first kappa shape index (κ1) is 17.0. The van der Waals surface area contributed by atoms with Crippen LogP contribution in [0.5, 0.6) is 11.5 Å². The van der Waals surface area contributed by atoms with Crippen LogP contribution in [0, 0.1) is 0 Å². The first-order valence-electron chi connectivity index (χ1n) is 9.01. The molecule has 2 nitrogen and oxygen atoms in total. The third-order valence-corrected chi connectivity index (χ3v) is 7.41. The zero-order valence-corrected chi connectivity index (χ0v) is 17.1. The third-order valence-electron chi connectivity index (χ3n) is 5.25. The minimum Gasteiger partial charge on any atom is -0.496 e. The van der Waals surface area contributed by atoms with E-state index in [2.05, 4.69) is 67.8 Å². The maximum atomic E-state index is 6.50. The Kier molecular flexibility index (Phi) is 3.88. The van der Waals surface area contributed by atoms with Crippen LogP contribution in [0.25, 0.3) is 4.91 Å². The Morgan fingerprint density at radius 3 is 2.63 bits per heavy atom. The van der Waals surface area contributed by atoms with Crippen LogP contribution >= 0.6 is 23.1 Å². The van der Waals surface area contributed by atoms with Gasteiger partial charge in [-0.2, -0.15) is 0 Å². The fourth-order valence-electron chi connectivity index (χ4n) is 4.15. The summed E-state index contributed by atoms with van der Waals surface area (Å²) in [5, 5.41) is 2.15. The quantitative estimate of drug-likeness (QED) is 0.491. The molecule has 1 unspecified atom stereocenters. The molecule has 0 saturated heterocycles. The highest BCUT2D eigenvalue weighted by Crippen LogP contribution is 2.60. The van der Waals surface area contributed by atoms with Crippen molar-refractivity contribution < 1.29 is 9.47 Å². The molecule has 27 heavy (non-hydrogen) atoms. The van der Waals surface area contributed by atoms with E-state index in [4.69, 9.17) is 9.47 Å². The Morgan fingerprint density at radius 2 is 1.85 bits per heavy atom. The average Bonchev–Trinajstić information content (AvgIpc) is 3.20. The minimum atomic E-state index is -0.399. The van der Waals surface area contributed by atoms with Gasteiger partial charge in [0.05, 0.1) is 7.11 Å². The Balaban J connectivity index is 1.85. The summed E-state index contributed by atoms with van der Waals surface area (Å²) in [6.45, 7) is 4.36. The van der Waals surface area contributed by atoms with Crippen LogP contribution in [0.4, 0.5) is 0 Å². The lowest BCUT2D eigenvalue weighted by Crippen LogP contribution is -2.38. The molecule has 2 aliphatic rings. The van der Waals surface area contributed by atoms with Gasteiger partial charge in [-0.05, 0) is 43.5 Å². The summed E-state index contributed by atoms with van der Waals surface area (Å²) in [5.74, 6) is 2.04. The summed E-state index contributed by atoms with van der Waals surface area (Å²) in [5.41, 5.74) is 3.36. The number of para-hydroxylation sites is 1. The van der Waals surface area contributed by atoms with Gasteiger partial charge in [0.25, 0.3) is 0 Å². The van der Waals surface area contributed by atoms with Gasteiger partial charge in [0.2, 0.25) is 0 Å². The van der Waals surface area contributed by atoms with Gasteiger partial charge in [-0.25, -0.2) is 0 Å². The average molecular weight is 393 g/mol. The molecule has 5 rings (SSSR count). The van der Waals surface area contributed by atoms with Crippen molar-refractivity contribution in [3.63, 3.8) is 0 Å². The zero-order valence-electron chi connectivity index (χ0n) is 15.5. The van der Waals surface area contributed by atoms with Crippen molar-refractivity contribution >= 4 is 28.0 Å². The van der Waals surface area contributed by atoms with E-state index in [0.29, 0.717) is 0 Å². The maximum Gasteiger partial charge on any atom is 0.128 e. The van der Waals surface area contributed by atoms with Crippen molar-refractivity contribution in [2.75, 3.05) is 7.11 Å². The summed E-state index contributed by atoms with van der Waals surface area (Å²) in [6, 6.07) is 19.1. The highest BCUT2D eigenvalue weighted by atomic mass is 32.2. The highest BCUT2D eigenvalue weighted by molar-refractivity contribution is 8.08. The molecule has 136 valence electrons. The van der Waals surface area contributed by atoms with Crippen LogP contribution in [0.2, 0.25) is 0 Å². The second-order valence-electron chi connectivity index (χ2n) is 7.27. The second kappa shape index (κ2) is 6.18. The van der Waals surface area contributed by atoms with Crippen LogP contribution in [0.1, 0.15) is 35.8 Å². The fourth-order valence-corrected chi connectivity index (χ4v) is 6.44.